The predicted octanol–water partition coefficient (Wildman–Crippen LogP) is 5.63. The molecule has 2 aromatic heterocycles. The van der Waals surface area contributed by atoms with E-state index in [-0.39, 0.29) is 21.9 Å². The van der Waals surface area contributed by atoms with Crippen LogP contribution in [0.2, 0.25) is 0 Å². The molecule has 0 fully saturated rings. The largest absolute Gasteiger partial charge is 0.481 e. The number of aromatic nitrogens is 2. The number of carbonyl (C=O) groups is 2. The molecule has 10 heteroatoms. The molecule has 3 N–H and O–H groups in total. The van der Waals surface area contributed by atoms with Crippen LogP contribution in [0.15, 0.2) is 48.7 Å². The lowest BCUT2D eigenvalue weighted by Gasteiger charge is -2.11. The lowest BCUT2D eigenvalue weighted by Crippen LogP contribution is -2.28. The number of benzene rings is 2. The number of hydrogen-bond acceptors (Lipinski definition) is 5. The summed E-state index contributed by atoms with van der Waals surface area (Å²) in [6.45, 7) is 3.72. The van der Waals surface area contributed by atoms with Gasteiger partial charge in [-0.25, -0.2) is 18.6 Å². The standard InChI is InChI=1S/C24H20F2N4O3S/c1-3-27-23(33)30-24-29-20-18(26)15(14-8-6-13(7-9-14)12(2)22(31)32)11-16(21(20)34-24)19-17(25)5-4-10-28-19/h4-12H,3H2,1-2H3,(H,31,32)(H2,27,29,30,33). The average Bonchev–Trinajstić information content (AvgIpc) is 3.24. The number of rotatable bonds is 6. The van der Waals surface area contributed by atoms with Crippen molar-refractivity contribution in [1.29, 1.82) is 0 Å². The maximum Gasteiger partial charge on any atom is 0.321 e. The smallest absolute Gasteiger partial charge is 0.321 e. The van der Waals surface area contributed by atoms with Gasteiger partial charge >= 0.3 is 12.0 Å². The van der Waals surface area contributed by atoms with Gasteiger partial charge in [-0.3, -0.25) is 15.1 Å². The Morgan fingerprint density at radius 2 is 1.88 bits per heavy atom. The molecule has 34 heavy (non-hydrogen) atoms. The van der Waals surface area contributed by atoms with Crippen molar-refractivity contribution >= 4 is 38.7 Å². The molecule has 2 heterocycles. The molecule has 0 aliphatic carbocycles. The summed E-state index contributed by atoms with van der Waals surface area (Å²) in [5.41, 5.74) is 1.50. The summed E-state index contributed by atoms with van der Waals surface area (Å²) in [6, 6.07) is 10.2. The Balaban J connectivity index is 1.89. The first kappa shape index (κ1) is 23.2. The van der Waals surface area contributed by atoms with E-state index in [1.165, 1.54) is 24.4 Å². The third-order valence-corrected chi connectivity index (χ3v) is 6.27. The topological polar surface area (TPSA) is 104 Å². The summed E-state index contributed by atoms with van der Waals surface area (Å²) in [5, 5.41) is 14.5. The highest BCUT2D eigenvalue weighted by atomic mass is 32.1. The van der Waals surface area contributed by atoms with E-state index < -0.39 is 29.6 Å². The number of pyridine rings is 1. The number of fused-ring (bicyclic) bond motifs is 1. The van der Waals surface area contributed by atoms with E-state index in [0.717, 1.165) is 11.3 Å². The second kappa shape index (κ2) is 9.52. The van der Waals surface area contributed by atoms with Crippen LogP contribution < -0.4 is 10.6 Å². The second-order valence-electron chi connectivity index (χ2n) is 7.48. The zero-order valence-corrected chi connectivity index (χ0v) is 19.0. The van der Waals surface area contributed by atoms with Gasteiger partial charge in [-0.05, 0) is 43.2 Å². The van der Waals surface area contributed by atoms with Gasteiger partial charge in [-0.15, -0.1) is 0 Å². The van der Waals surface area contributed by atoms with Crippen molar-refractivity contribution in [2.75, 3.05) is 11.9 Å². The number of hydrogen-bond donors (Lipinski definition) is 3. The highest BCUT2D eigenvalue weighted by Crippen LogP contribution is 2.41. The minimum absolute atomic E-state index is 0.0260. The van der Waals surface area contributed by atoms with Crippen LogP contribution in [0.4, 0.5) is 18.7 Å². The molecule has 2 amide bonds. The van der Waals surface area contributed by atoms with Gasteiger partial charge in [0.25, 0.3) is 0 Å². The first-order valence-corrected chi connectivity index (χ1v) is 11.2. The Kier molecular flexibility index (Phi) is 6.51. The molecule has 1 unspecified atom stereocenters. The highest BCUT2D eigenvalue weighted by Gasteiger charge is 2.22. The van der Waals surface area contributed by atoms with Crippen molar-refractivity contribution in [1.82, 2.24) is 15.3 Å². The molecule has 2 aromatic carbocycles. The number of carboxylic acids is 1. The van der Waals surface area contributed by atoms with E-state index >= 15 is 4.39 Å². The number of carboxylic acid groups (broad SMARTS) is 1. The Morgan fingerprint density at radius 1 is 1.15 bits per heavy atom. The van der Waals surface area contributed by atoms with Crippen molar-refractivity contribution < 1.29 is 23.5 Å². The minimum atomic E-state index is -0.970. The summed E-state index contributed by atoms with van der Waals surface area (Å²) < 4.78 is 30.6. The molecule has 0 spiro atoms. The van der Waals surface area contributed by atoms with Crippen molar-refractivity contribution in [3.8, 4) is 22.4 Å². The average molecular weight is 483 g/mol. The summed E-state index contributed by atoms with van der Waals surface area (Å²) >= 11 is 1.01. The van der Waals surface area contributed by atoms with Crippen LogP contribution in [-0.2, 0) is 4.79 Å². The van der Waals surface area contributed by atoms with Gasteiger partial charge < -0.3 is 10.4 Å². The van der Waals surface area contributed by atoms with Crippen molar-refractivity contribution in [2.24, 2.45) is 0 Å². The van der Waals surface area contributed by atoms with Crippen LogP contribution >= 0.6 is 11.3 Å². The van der Waals surface area contributed by atoms with E-state index in [1.54, 1.807) is 38.1 Å². The van der Waals surface area contributed by atoms with Gasteiger partial charge in [0, 0.05) is 23.9 Å². The maximum absolute atomic E-state index is 15.6. The lowest BCUT2D eigenvalue weighted by molar-refractivity contribution is -0.138. The normalized spacial score (nSPS) is 11.9. The number of nitrogens with zero attached hydrogens (tertiary/aromatic N) is 2. The van der Waals surface area contributed by atoms with Crippen LogP contribution in [0.3, 0.4) is 0 Å². The Bertz CT molecular complexity index is 1390. The van der Waals surface area contributed by atoms with E-state index in [1.807, 2.05) is 0 Å². The van der Waals surface area contributed by atoms with E-state index in [2.05, 4.69) is 20.6 Å². The molecular weight excluding hydrogens is 462 g/mol. The van der Waals surface area contributed by atoms with Crippen LogP contribution in [0.5, 0.6) is 0 Å². The van der Waals surface area contributed by atoms with Gasteiger partial charge in [-0.2, -0.15) is 0 Å². The Hall–Kier alpha value is -3.92. The Morgan fingerprint density at radius 3 is 2.53 bits per heavy atom. The van der Waals surface area contributed by atoms with Gasteiger partial charge in [0.15, 0.2) is 10.9 Å². The molecule has 4 rings (SSSR count). The maximum atomic E-state index is 15.6. The molecule has 0 saturated carbocycles. The number of anilines is 1. The molecule has 0 radical (unpaired) electrons. The van der Waals surface area contributed by atoms with Crippen LogP contribution in [0.25, 0.3) is 32.6 Å². The lowest BCUT2D eigenvalue weighted by atomic mass is 9.95. The third-order valence-electron chi connectivity index (χ3n) is 5.27. The molecule has 174 valence electrons. The zero-order chi connectivity index (χ0) is 24.4. The fourth-order valence-corrected chi connectivity index (χ4v) is 4.44. The number of nitrogens with one attached hydrogen (secondary N) is 2. The molecule has 7 nitrogen and oxygen atoms in total. The molecular formula is C24H20F2N4O3S. The molecule has 0 aliphatic heterocycles. The summed E-state index contributed by atoms with van der Waals surface area (Å²) in [5.74, 6) is -2.92. The van der Waals surface area contributed by atoms with Gasteiger partial charge in [0.2, 0.25) is 0 Å². The monoisotopic (exact) mass is 482 g/mol. The van der Waals surface area contributed by atoms with Crippen LogP contribution in [-0.4, -0.2) is 33.6 Å². The van der Waals surface area contributed by atoms with Crippen LogP contribution in [0, 0.1) is 11.6 Å². The third kappa shape index (κ3) is 4.44. The van der Waals surface area contributed by atoms with Gasteiger partial charge in [0.05, 0.1) is 10.6 Å². The van der Waals surface area contributed by atoms with E-state index in [9.17, 15) is 19.1 Å². The number of thiazole rings is 1. The number of amides is 2. The second-order valence-corrected chi connectivity index (χ2v) is 8.48. The number of urea groups is 1. The fraction of sp³-hybridized carbons (Fsp3) is 0.167. The number of carbonyl (C=O) groups excluding carboxylic acids is 1. The number of halogens is 2. The van der Waals surface area contributed by atoms with Crippen LogP contribution in [0.1, 0.15) is 25.3 Å². The summed E-state index contributed by atoms with van der Waals surface area (Å²) in [6.07, 6.45) is 1.43. The predicted molar refractivity (Wildman–Crippen MR) is 127 cm³/mol. The summed E-state index contributed by atoms with van der Waals surface area (Å²) in [7, 11) is 0. The molecule has 1 atom stereocenters. The minimum Gasteiger partial charge on any atom is -0.481 e. The SMILES string of the molecule is CCNC(=O)Nc1nc2c(F)c(-c3ccc(C(C)C(=O)O)cc3)cc(-c3ncccc3F)c2s1. The highest BCUT2D eigenvalue weighted by molar-refractivity contribution is 7.22. The van der Waals surface area contributed by atoms with Crippen molar-refractivity contribution in [3.63, 3.8) is 0 Å². The first-order chi connectivity index (χ1) is 16.3. The van der Waals surface area contributed by atoms with E-state index in [0.29, 0.717) is 27.9 Å². The molecule has 0 aliphatic rings. The van der Waals surface area contributed by atoms with Crippen molar-refractivity contribution in [2.45, 2.75) is 19.8 Å². The zero-order valence-electron chi connectivity index (χ0n) is 18.2. The first-order valence-electron chi connectivity index (χ1n) is 10.4. The molecule has 4 aromatic rings. The van der Waals surface area contributed by atoms with Gasteiger partial charge in [-0.1, -0.05) is 35.6 Å². The molecule has 0 bridgehead atoms. The quantitative estimate of drug-likeness (QED) is 0.330. The van der Waals surface area contributed by atoms with Crippen molar-refractivity contribution in [3.05, 3.63) is 65.9 Å². The number of aliphatic carboxylic acids is 1. The molecule has 0 saturated heterocycles. The van der Waals surface area contributed by atoms with Gasteiger partial charge in [0.1, 0.15) is 17.0 Å². The van der Waals surface area contributed by atoms with E-state index in [4.69, 9.17) is 0 Å². The Labute approximate surface area is 197 Å². The summed E-state index contributed by atoms with van der Waals surface area (Å²) in [4.78, 5) is 31.6. The fourth-order valence-electron chi connectivity index (χ4n) is 3.47.